The molecule has 3 rings (SSSR count). The number of hydrogen-bond donors (Lipinski definition) is 0. The topological polar surface area (TPSA) is 16.1 Å². The van der Waals surface area contributed by atoms with Gasteiger partial charge in [-0.2, -0.15) is 0 Å². The summed E-state index contributed by atoms with van der Waals surface area (Å²) in [6.07, 6.45) is 6.98. The van der Waals surface area contributed by atoms with Crippen molar-refractivity contribution in [2.24, 2.45) is 5.92 Å². The summed E-state index contributed by atoms with van der Waals surface area (Å²) in [6, 6.07) is 9.82. The summed E-state index contributed by atoms with van der Waals surface area (Å²) in [5, 5.41) is 0. The van der Waals surface area contributed by atoms with Crippen LogP contribution in [0, 0.1) is 17.6 Å². The van der Waals surface area contributed by atoms with Gasteiger partial charge in [-0.3, -0.25) is 0 Å². The molecule has 0 aliphatic carbocycles. The van der Waals surface area contributed by atoms with Crippen molar-refractivity contribution in [3.05, 3.63) is 71.4 Å². The fraction of sp³-hybridized carbons (Fsp3) is 0.458. The number of hydrogen-bond acceptors (Lipinski definition) is 2. The molecule has 2 heterocycles. The quantitative estimate of drug-likeness (QED) is 0.511. The van der Waals surface area contributed by atoms with E-state index in [9.17, 15) is 8.78 Å². The molecule has 0 spiro atoms. The summed E-state index contributed by atoms with van der Waals surface area (Å²) in [6.45, 7) is 8.46. The average Bonchev–Trinajstić information content (AvgIpc) is 2.68. The zero-order valence-corrected chi connectivity index (χ0v) is 16.8. The molecule has 2 nitrogen and oxygen atoms in total. The summed E-state index contributed by atoms with van der Waals surface area (Å²) >= 11 is 0. The highest BCUT2D eigenvalue weighted by Crippen LogP contribution is 2.27. The van der Waals surface area contributed by atoms with Crippen LogP contribution in [0.25, 0.3) is 0 Å². The first-order valence-electron chi connectivity index (χ1n) is 10.4. The Morgan fingerprint density at radius 2 is 1.93 bits per heavy atom. The van der Waals surface area contributed by atoms with Crippen LogP contribution < -0.4 is 4.90 Å². The summed E-state index contributed by atoms with van der Waals surface area (Å²) < 4.78 is 26.9. The minimum atomic E-state index is -0.539. The SMILES string of the molecule is C=C(CCC)CC1CCN(c2cccc(CCc3ccc(F)cc3F)n2)CC1. The van der Waals surface area contributed by atoms with Crippen LogP contribution >= 0.6 is 0 Å². The summed E-state index contributed by atoms with van der Waals surface area (Å²) in [4.78, 5) is 7.13. The molecule has 0 atom stereocenters. The molecule has 0 unspecified atom stereocenters. The highest BCUT2D eigenvalue weighted by molar-refractivity contribution is 5.40. The molecule has 1 aromatic heterocycles. The first-order valence-corrected chi connectivity index (χ1v) is 10.4. The van der Waals surface area contributed by atoms with Crippen LogP contribution in [0.4, 0.5) is 14.6 Å². The molecule has 150 valence electrons. The van der Waals surface area contributed by atoms with E-state index in [4.69, 9.17) is 4.98 Å². The Kier molecular flexibility index (Phi) is 7.18. The highest BCUT2D eigenvalue weighted by Gasteiger charge is 2.20. The van der Waals surface area contributed by atoms with E-state index >= 15 is 0 Å². The van der Waals surface area contributed by atoms with Crippen LogP contribution in [0.15, 0.2) is 48.6 Å². The molecule has 1 aromatic carbocycles. The average molecular weight is 385 g/mol. The molecule has 0 amide bonds. The third-order valence-corrected chi connectivity index (χ3v) is 5.58. The van der Waals surface area contributed by atoms with Crippen molar-refractivity contribution in [3.63, 3.8) is 0 Å². The number of halogens is 2. The smallest absolute Gasteiger partial charge is 0.129 e. The van der Waals surface area contributed by atoms with Gasteiger partial charge in [0.15, 0.2) is 0 Å². The van der Waals surface area contributed by atoms with E-state index in [1.807, 2.05) is 12.1 Å². The molecule has 1 aliphatic heterocycles. The Morgan fingerprint density at radius 3 is 2.64 bits per heavy atom. The molecule has 1 aliphatic rings. The van der Waals surface area contributed by atoms with E-state index in [-0.39, 0.29) is 0 Å². The zero-order valence-electron chi connectivity index (χ0n) is 16.8. The van der Waals surface area contributed by atoms with Gasteiger partial charge in [0.2, 0.25) is 0 Å². The van der Waals surface area contributed by atoms with E-state index in [1.165, 1.54) is 37.0 Å². The normalized spacial score (nSPS) is 15.0. The Balaban J connectivity index is 1.54. The first-order chi connectivity index (χ1) is 13.5. The minimum Gasteiger partial charge on any atom is -0.357 e. The molecular weight excluding hydrogens is 354 g/mol. The van der Waals surface area contributed by atoms with Crippen molar-refractivity contribution >= 4 is 5.82 Å². The lowest BCUT2D eigenvalue weighted by Gasteiger charge is -2.33. The predicted octanol–water partition coefficient (Wildman–Crippen LogP) is 6.11. The number of pyridine rings is 1. The maximum atomic E-state index is 13.8. The van der Waals surface area contributed by atoms with E-state index in [0.717, 1.165) is 49.4 Å². The summed E-state index contributed by atoms with van der Waals surface area (Å²) in [5.74, 6) is 0.716. The molecule has 0 radical (unpaired) electrons. The monoisotopic (exact) mass is 384 g/mol. The third-order valence-electron chi connectivity index (χ3n) is 5.58. The number of piperidine rings is 1. The van der Waals surface area contributed by atoms with Gasteiger partial charge < -0.3 is 4.90 Å². The van der Waals surface area contributed by atoms with Crippen molar-refractivity contribution in [1.29, 1.82) is 0 Å². The predicted molar refractivity (Wildman–Crippen MR) is 112 cm³/mol. The number of benzene rings is 1. The Hall–Kier alpha value is -2.23. The molecule has 1 fully saturated rings. The largest absolute Gasteiger partial charge is 0.357 e. The van der Waals surface area contributed by atoms with E-state index < -0.39 is 11.6 Å². The van der Waals surface area contributed by atoms with Crippen LogP contribution in [0.3, 0.4) is 0 Å². The van der Waals surface area contributed by atoms with Crippen LogP contribution in [0.2, 0.25) is 0 Å². The van der Waals surface area contributed by atoms with Gasteiger partial charge in [-0.25, -0.2) is 13.8 Å². The van der Waals surface area contributed by atoms with Crippen molar-refractivity contribution in [2.45, 2.75) is 51.9 Å². The molecule has 0 bridgehead atoms. The maximum absolute atomic E-state index is 13.8. The van der Waals surface area contributed by atoms with Crippen LogP contribution in [-0.2, 0) is 12.8 Å². The van der Waals surface area contributed by atoms with E-state index in [2.05, 4.69) is 24.5 Å². The first kappa shape index (κ1) is 20.5. The summed E-state index contributed by atoms with van der Waals surface area (Å²) in [7, 11) is 0. The molecular formula is C24H30F2N2. The van der Waals surface area contributed by atoms with Crippen LogP contribution in [-0.4, -0.2) is 18.1 Å². The van der Waals surface area contributed by atoms with E-state index in [0.29, 0.717) is 18.4 Å². The van der Waals surface area contributed by atoms with E-state index in [1.54, 1.807) is 0 Å². The minimum absolute atomic E-state index is 0.483. The van der Waals surface area contributed by atoms with Crippen molar-refractivity contribution in [2.75, 3.05) is 18.0 Å². The summed E-state index contributed by atoms with van der Waals surface area (Å²) in [5.41, 5.74) is 2.86. The van der Waals surface area contributed by atoms with Gasteiger partial charge in [-0.15, -0.1) is 0 Å². The maximum Gasteiger partial charge on any atom is 0.129 e. The lowest BCUT2D eigenvalue weighted by molar-refractivity contribution is 0.398. The second-order valence-corrected chi connectivity index (χ2v) is 7.86. The number of rotatable bonds is 8. The zero-order chi connectivity index (χ0) is 19.9. The Bertz CT molecular complexity index is 795. The second kappa shape index (κ2) is 9.81. The van der Waals surface area contributed by atoms with Gasteiger partial charge in [0, 0.05) is 24.8 Å². The van der Waals surface area contributed by atoms with Crippen LogP contribution in [0.1, 0.15) is 50.3 Å². The fourth-order valence-corrected chi connectivity index (χ4v) is 4.00. The van der Waals surface area contributed by atoms with Gasteiger partial charge in [0.25, 0.3) is 0 Å². The van der Waals surface area contributed by atoms with Crippen LogP contribution in [0.5, 0.6) is 0 Å². The van der Waals surface area contributed by atoms with Gasteiger partial charge in [0.1, 0.15) is 17.5 Å². The van der Waals surface area contributed by atoms with Crippen molar-refractivity contribution in [1.82, 2.24) is 4.98 Å². The standard InChI is InChI=1S/C24H30F2N2/c1-3-5-18(2)16-19-12-14-28(15-13-19)24-7-4-6-22(27-24)11-9-20-8-10-21(25)17-23(20)26/h4,6-8,10,17,19H,2-3,5,9,11-16H2,1H3. The number of aromatic nitrogens is 1. The molecule has 0 N–H and O–H groups in total. The fourth-order valence-electron chi connectivity index (χ4n) is 4.00. The number of allylic oxidation sites excluding steroid dienone is 1. The molecule has 28 heavy (non-hydrogen) atoms. The van der Waals surface area contributed by atoms with Gasteiger partial charge in [0.05, 0.1) is 0 Å². The lowest BCUT2D eigenvalue weighted by atomic mass is 9.89. The van der Waals surface area contributed by atoms with Gasteiger partial charge >= 0.3 is 0 Å². The molecule has 1 saturated heterocycles. The number of anilines is 1. The van der Waals surface area contributed by atoms with Crippen molar-refractivity contribution < 1.29 is 8.78 Å². The lowest BCUT2D eigenvalue weighted by Crippen LogP contribution is -2.34. The van der Waals surface area contributed by atoms with Crippen molar-refractivity contribution in [3.8, 4) is 0 Å². The number of aryl methyl sites for hydroxylation is 2. The highest BCUT2D eigenvalue weighted by atomic mass is 19.1. The van der Waals surface area contributed by atoms with Gasteiger partial charge in [-0.1, -0.05) is 37.6 Å². The molecule has 4 heteroatoms. The second-order valence-electron chi connectivity index (χ2n) is 7.86. The number of nitrogens with zero attached hydrogens (tertiary/aromatic N) is 2. The van der Waals surface area contributed by atoms with Gasteiger partial charge in [-0.05, 0) is 68.2 Å². The Labute approximate surface area is 167 Å². The Morgan fingerprint density at radius 1 is 1.14 bits per heavy atom. The third kappa shape index (κ3) is 5.63. The molecule has 0 saturated carbocycles. The molecule has 2 aromatic rings.